The zero-order valence-electron chi connectivity index (χ0n) is 16.1. The van der Waals surface area contributed by atoms with Crippen LogP contribution in [0, 0.1) is 0 Å². The Labute approximate surface area is 162 Å². The van der Waals surface area contributed by atoms with Gasteiger partial charge in [-0.05, 0) is 33.8 Å². The molecule has 2 saturated heterocycles. The first-order chi connectivity index (χ1) is 13.0. The predicted molar refractivity (Wildman–Crippen MR) is 96.8 cm³/mol. The first-order valence-corrected chi connectivity index (χ1v) is 9.19. The molecule has 2 unspecified atom stereocenters. The molecule has 0 radical (unpaired) electrons. The second-order valence-corrected chi connectivity index (χ2v) is 8.45. The average molecular weight is 392 g/mol. The molecule has 2 fully saturated rings. The maximum absolute atomic E-state index is 12.7. The molecule has 5 atom stereocenters. The van der Waals surface area contributed by atoms with Crippen molar-refractivity contribution in [3.63, 3.8) is 0 Å². The number of nitrogens with zero attached hydrogens (tertiary/aromatic N) is 1. The maximum Gasteiger partial charge on any atom is 0.412 e. The number of carbonyl (C=O) groups is 2. The van der Waals surface area contributed by atoms with Crippen LogP contribution in [0.1, 0.15) is 39.7 Å². The number of epoxide rings is 1. The van der Waals surface area contributed by atoms with Crippen molar-refractivity contribution in [2.24, 2.45) is 0 Å². The fourth-order valence-corrected chi connectivity index (χ4v) is 3.78. The van der Waals surface area contributed by atoms with E-state index in [4.69, 9.17) is 14.2 Å². The Bertz CT molecular complexity index is 836. The third-order valence-electron chi connectivity index (χ3n) is 5.12. The van der Waals surface area contributed by atoms with Crippen molar-refractivity contribution >= 4 is 17.7 Å². The van der Waals surface area contributed by atoms with Gasteiger partial charge < -0.3 is 29.7 Å². The standard InChI is InChI=1S/C19H24N2O7/c1-9-15(26-9)27-10-5-6-11-12(7-10)20-16-19(11,25)8-13(14(22)23)21(16)17(24)28-18(2,3)4/h5-7,9,13,15-16,20,25H,8H2,1-4H3,(H,22,23)/t9?,13-,15?,16-,19+/m0/s1. The van der Waals surface area contributed by atoms with Crippen LogP contribution in [-0.4, -0.2) is 57.4 Å². The quantitative estimate of drug-likeness (QED) is 0.667. The molecule has 0 aromatic heterocycles. The van der Waals surface area contributed by atoms with E-state index in [0.717, 1.165) is 4.90 Å². The van der Waals surface area contributed by atoms with Gasteiger partial charge in [0.15, 0.2) is 0 Å². The van der Waals surface area contributed by atoms with Crippen LogP contribution in [0.4, 0.5) is 10.5 Å². The lowest BCUT2D eigenvalue weighted by Crippen LogP contribution is -2.51. The number of likely N-dealkylation sites (tertiary alicyclic amines) is 1. The second-order valence-electron chi connectivity index (χ2n) is 8.45. The number of benzene rings is 1. The first-order valence-electron chi connectivity index (χ1n) is 9.19. The van der Waals surface area contributed by atoms with Crippen LogP contribution in [0.25, 0.3) is 0 Å². The monoisotopic (exact) mass is 392 g/mol. The van der Waals surface area contributed by atoms with Gasteiger partial charge in [-0.1, -0.05) is 6.07 Å². The highest BCUT2D eigenvalue weighted by molar-refractivity contribution is 5.83. The van der Waals surface area contributed by atoms with Gasteiger partial charge in [0.25, 0.3) is 0 Å². The molecule has 28 heavy (non-hydrogen) atoms. The molecule has 9 nitrogen and oxygen atoms in total. The highest BCUT2D eigenvalue weighted by atomic mass is 16.8. The Morgan fingerprint density at radius 2 is 2.04 bits per heavy atom. The smallest absolute Gasteiger partial charge is 0.412 e. The normalized spacial score (nSPS) is 33.0. The van der Waals surface area contributed by atoms with Crippen molar-refractivity contribution in [1.82, 2.24) is 4.90 Å². The van der Waals surface area contributed by atoms with Gasteiger partial charge in [0, 0.05) is 23.7 Å². The number of carboxylic acid groups (broad SMARTS) is 1. The van der Waals surface area contributed by atoms with E-state index in [-0.39, 0.29) is 18.8 Å². The van der Waals surface area contributed by atoms with E-state index in [1.807, 2.05) is 6.92 Å². The number of hydrogen-bond acceptors (Lipinski definition) is 7. The number of aliphatic hydroxyl groups is 1. The molecule has 3 N–H and O–H groups in total. The van der Waals surface area contributed by atoms with Crippen LogP contribution in [0.5, 0.6) is 5.75 Å². The molecule has 0 saturated carbocycles. The summed E-state index contributed by atoms with van der Waals surface area (Å²) in [5.41, 5.74) is -1.24. The Morgan fingerprint density at radius 1 is 1.36 bits per heavy atom. The summed E-state index contributed by atoms with van der Waals surface area (Å²) in [5.74, 6) is -0.639. The third-order valence-corrected chi connectivity index (χ3v) is 5.12. The minimum atomic E-state index is -1.54. The van der Waals surface area contributed by atoms with Gasteiger partial charge >= 0.3 is 12.1 Å². The van der Waals surface area contributed by atoms with Gasteiger partial charge in [0.2, 0.25) is 6.29 Å². The van der Waals surface area contributed by atoms with E-state index < -0.39 is 35.5 Å². The number of ether oxygens (including phenoxy) is 3. The molecule has 0 spiro atoms. The van der Waals surface area contributed by atoms with Gasteiger partial charge in [-0.15, -0.1) is 0 Å². The van der Waals surface area contributed by atoms with E-state index in [1.165, 1.54) is 0 Å². The summed E-state index contributed by atoms with van der Waals surface area (Å²) in [6.07, 6.45) is -2.15. The zero-order valence-corrected chi connectivity index (χ0v) is 16.1. The van der Waals surface area contributed by atoms with Crippen LogP contribution in [0.2, 0.25) is 0 Å². The van der Waals surface area contributed by atoms with Gasteiger partial charge in [0.05, 0.1) is 0 Å². The Morgan fingerprint density at radius 3 is 2.61 bits per heavy atom. The van der Waals surface area contributed by atoms with Crippen LogP contribution >= 0.6 is 0 Å². The van der Waals surface area contributed by atoms with E-state index in [9.17, 15) is 19.8 Å². The van der Waals surface area contributed by atoms with Crippen LogP contribution < -0.4 is 10.1 Å². The zero-order chi connectivity index (χ0) is 20.4. The van der Waals surface area contributed by atoms with E-state index in [2.05, 4.69) is 5.32 Å². The number of amides is 1. The van der Waals surface area contributed by atoms with Crippen LogP contribution in [-0.2, 0) is 19.9 Å². The summed E-state index contributed by atoms with van der Waals surface area (Å²) in [5, 5.41) is 24.0. The maximum atomic E-state index is 12.7. The number of nitrogens with one attached hydrogen (secondary N) is 1. The van der Waals surface area contributed by atoms with Crippen molar-refractivity contribution < 1.29 is 34.0 Å². The summed E-state index contributed by atoms with van der Waals surface area (Å²) < 4.78 is 16.3. The van der Waals surface area contributed by atoms with E-state index in [0.29, 0.717) is 17.0 Å². The van der Waals surface area contributed by atoms with Crippen molar-refractivity contribution in [2.45, 2.75) is 69.9 Å². The number of anilines is 1. The van der Waals surface area contributed by atoms with Gasteiger partial charge in [0.1, 0.15) is 35.3 Å². The lowest BCUT2D eigenvalue weighted by molar-refractivity contribution is -0.142. The highest BCUT2D eigenvalue weighted by Gasteiger charge is 2.61. The number of carbonyl (C=O) groups excluding carboxylic acids is 1. The molecule has 9 heteroatoms. The molecule has 4 rings (SSSR count). The molecule has 0 aliphatic carbocycles. The molecule has 3 aliphatic rings. The van der Waals surface area contributed by atoms with Crippen molar-refractivity contribution in [1.29, 1.82) is 0 Å². The predicted octanol–water partition coefficient (Wildman–Crippen LogP) is 1.84. The summed E-state index contributed by atoms with van der Waals surface area (Å²) in [6.45, 7) is 6.99. The number of carboxylic acids is 1. The van der Waals surface area contributed by atoms with Gasteiger partial charge in [-0.2, -0.15) is 0 Å². The van der Waals surface area contributed by atoms with Gasteiger partial charge in [-0.3, -0.25) is 4.90 Å². The molecule has 1 aromatic carbocycles. The molecule has 0 bridgehead atoms. The average Bonchev–Trinajstić information content (AvgIpc) is 3.04. The largest absolute Gasteiger partial charge is 0.480 e. The van der Waals surface area contributed by atoms with E-state index in [1.54, 1.807) is 39.0 Å². The summed E-state index contributed by atoms with van der Waals surface area (Å²) in [7, 11) is 0. The lowest BCUT2D eigenvalue weighted by atomic mass is 9.91. The molecule has 3 aliphatic heterocycles. The third kappa shape index (κ3) is 3.04. The second kappa shape index (κ2) is 5.99. The van der Waals surface area contributed by atoms with Crippen molar-refractivity contribution in [3.05, 3.63) is 23.8 Å². The minimum Gasteiger partial charge on any atom is -0.480 e. The summed E-state index contributed by atoms with van der Waals surface area (Å²) in [6, 6.07) is 3.88. The van der Waals surface area contributed by atoms with Gasteiger partial charge in [-0.25, -0.2) is 9.59 Å². The SMILES string of the molecule is CC1OC1Oc1ccc2c(c1)N[C@H]1N(C(=O)OC(C)(C)C)[C@H](C(=O)O)C[C@@]21O. The van der Waals surface area contributed by atoms with E-state index >= 15 is 0 Å². The fourth-order valence-electron chi connectivity index (χ4n) is 3.78. The van der Waals surface area contributed by atoms with Crippen LogP contribution in [0.3, 0.4) is 0 Å². The number of rotatable bonds is 3. The molecule has 152 valence electrons. The number of aliphatic carboxylic acids is 1. The Kier molecular flexibility index (Phi) is 4.03. The molecule has 1 amide bonds. The highest BCUT2D eigenvalue weighted by Crippen LogP contribution is 2.50. The molecular formula is C19H24N2O7. The van der Waals surface area contributed by atoms with Crippen molar-refractivity contribution in [2.75, 3.05) is 5.32 Å². The first kappa shape index (κ1) is 18.8. The number of fused-ring (bicyclic) bond motifs is 3. The van der Waals surface area contributed by atoms with Crippen molar-refractivity contribution in [3.8, 4) is 5.75 Å². The minimum absolute atomic E-state index is 0.0313. The Balaban J connectivity index is 1.64. The summed E-state index contributed by atoms with van der Waals surface area (Å²) in [4.78, 5) is 25.5. The molecular weight excluding hydrogens is 368 g/mol. The topological polar surface area (TPSA) is 121 Å². The fraction of sp³-hybridized carbons (Fsp3) is 0.579. The number of hydrogen-bond donors (Lipinski definition) is 3. The van der Waals surface area contributed by atoms with Crippen LogP contribution in [0.15, 0.2) is 18.2 Å². The Hall–Kier alpha value is -2.52. The molecule has 3 heterocycles. The molecule has 1 aromatic rings. The summed E-state index contributed by atoms with van der Waals surface area (Å²) >= 11 is 0. The lowest BCUT2D eigenvalue weighted by Gasteiger charge is -2.31.